The minimum absolute atomic E-state index is 0.123. The summed E-state index contributed by atoms with van der Waals surface area (Å²) in [5.74, 6) is 0.972. The molecular weight excluding hydrogens is 272 g/mol. The van der Waals surface area contributed by atoms with Crippen molar-refractivity contribution in [3.05, 3.63) is 34.9 Å². The van der Waals surface area contributed by atoms with Crippen LogP contribution >= 0.6 is 0 Å². The molecule has 2 fully saturated rings. The number of hydrogen-bond acceptors (Lipinski definition) is 2. The van der Waals surface area contributed by atoms with Gasteiger partial charge in [-0.15, -0.1) is 0 Å². The molecule has 0 radical (unpaired) electrons. The van der Waals surface area contributed by atoms with Crippen molar-refractivity contribution >= 4 is 5.97 Å². The van der Waals surface area contributed by atoms with Crippen LogP contribution in [-0.2, 0) is 4.74 Å². The zero-order valence-electron chi connectivity index (χ0n) is 13.8. The predicted octanol–water partition coefficient (Wildman–Crippen LogP) is 5.57. The van der Waals surface area contributed by atoms with Crippen LogP contribution in [0.25, 0.3) is 0 Å². The Morgan fingerprint density at radius 3 is 1.73 bits per heavy atom. The zero-order valence-corrected chi connectivity index (χ0v) is 13.8. The van der Waals surface area contributed by atoms with Crippen molar-refractivity contribution in [3.63, 3.8) is 0 Å². The molecule has 0 heterocycles. The molecule has 0 spiro atoms. The predicted molar refractivity (Wildman–Crippen MR) is 89.4 cm³/mol. The van der Waals surface area contributed by atoms with Gasteiger partial charge in [-0.1, -0.05) is 56.7 Å². The van der Waals surface area contributed by atoms with Gasteiger partial charge in [0.05, 0.1) is 12.7 Å². The number of benzene rings is 1. The second kappa shape index (κ2) is 7.30. The molecule has 0 N–H and O–H groups in total. The highest BCUT2D eigenvalue weighted by molar-refractivity contribution is 5.93. The Balaban J connectivity index is 1.99. The molecule has 0 unspecified atom stereocenters. The molecule has 0 aliphatic heterocycles. The lowest BCUT2D eigenvalue weighted by atomic mass is 9.76. The van der Waals surface area contributed by atoms with Crippen LogP contribution in [0.5, 0.6) is 0 Å². The van der Waals surface area contributed by atoms with E-state index in [1.165, 1.54) is 82.4 Å². The summed E-state index contributed by atoms with van der Waals surface area (Å²) >= 11 is 0. The van der Waals surface area contributed by atoms with E-state index in [9.17, 15) is 4.79 Å². The van der Waals surface area contributed by atoms with E-state index in [0.29, 0.717) is 11.8 Å². The summed E-state index contributed by atoms with van der Waals surface area (Å²) in [6, 6.07) is 6.52. The van der Waals surface area contributed by atoms with Crippen LogP contribution in [0.2, 0.25) is 0 Å². The molecule has 2 heteroatoms. The van der Waals surface area contributed by atoms with Gasteiger partial charge in [0, 0.05) is 0 Å². The minimum atomic E-state index is -0.123. The van der Waals surface area contributed by atoms with E-state index in [4.69, 9.17) is 4.74 Å². The fraction of sp³-hybridized carbons (Fsp3) is 0.650. The topological polar surface area (TPSA) is 26.3 Å². The normalized spacial score (nSPS) is 20.8. The Hall–Kier alpha value is -1.31. The van der Waals surface area contributed by atoms with Crippen molar-refractivity contribution < 1.29 is 9.53 Å². The van der Waals surface area contributed by atoms with E-state index in [2.05, 4.69) is 18.2 Å². The van der Waals surface area contributed by atoms with Crippen LogP contribution in [0, 0.1) is 0 Å². The summed E-state index contributed by atoms with van der Waals surface area (Å²) in [6.07, 6.45) is 12.7. The molecular formula is C20H28O2. The van der Waals surface area contributed by atoms with Crippen molar-refractivity contribution in [3.8, 4) is 0 Å². The van der Waals surface area contributed by atoms with Crippen LogP contribution in [-0.4, -0.2) is 13.1 Å². The first-order valence-corrected chi connectivity index (χ1v) is 9.02. The Labute approximate surface area is 134 Å². The van der Waals surface area contributed by atoms with Gasteiger partial charge < -0.3 is 4.74 Å². The van der Waals surface area contributed by atoms with Gasteiger partial charge in [0.15, 0.2) is 0 Å². The molecule has 0 aromatic heterocycles. The Morgan fingerprint density at radius 1 is 0.864 bits per heavy atom. The van der Waals surface area contributed by atoms with Crippen molar-refractivity contribution in [1.82, 2.24) is 0 Å². The van der Waals surface area contributed by atoms with Crippen LogP contribution in [0.1, 0.15) is 97.5 Å². The van der Waals surface area contributed by atoms with Crippen LogP contribution in [0.4, 0.5) is 0 Å². The summed E-state index contributed by atoms with van der Waals surface area (Å²) in [7, 11) is 1.52. The van der Waals surface area contributed by atoms with E-state index in [1.807, 2.05) is 0 Å². The fourth-order valence-electron chi connectivity index (χ4n) is 4.43. The van der Waals surface area contributed by atoms with Gasteiger partial charge in [0.1, 0.15) is 0 Å². The molecule has 120 valence electrons. The van der Waals surface area contributed by atoms with E-state index in [-0.39, 0.29) is 5.97 Å². The van der Waals surface area contributed by atoms with Gasteiger partial charge in [-0.05, 0) is 48.6 Å². The van der Waals surface area contributed by atoms with Crippen molar-refractivity contribution in [2.24, 2.45) is 0 Å². The van der Waals surface area contributed by atoms with Gasteiger partial charge in [-0.3, -0.25) is 0 Å². The van der Waals surface area contributed by atoms with Crippen molar-refractivity contribution in [2.45, 2.75) is 76.0 Å². The minimum Gasteiger partial charge on any atom is -0.465 e. The number of ether oxygens (including phenoxy) is 1. The molecule has 2 saturated carbocycles. The summed E-state index contributed by atoms with van der Waals surface area (Å²) < 4.78 is 5.16. The monoisotopic (exact) mass is 300 g/mol. The van der Waals surface area contributed by atoms with E-state index < -0.39 is 0 Å². The van der Waals surface area contributed by atoms with Gasteiger partial charge in [0.25, 0.3) is 0 Å². The summed E-state index contributed by atoms with van der Waals surface area (Å²) in [4.78, 5) is 12.5. The third-order valence-corrected chi connectivity index (χ3v) is 5.61. The molecule has 3 rings (SSSR count). The Bertz CT molecular complexity index is 472. The molecule has 0 bridgehead atoms. The molecule has 2 aliphatic carbocycles. The van der Waals surface area contributed by atoms with Crippen molar-refractivity contribution in [2.75, 3.05) is 7.11 Å². The molecule has 2 aliphatic rings. The lowest BCUT2D eigenvalue weighted by Crippen LogP contribution is -2.17. The van der Waals surface area contributed by atoms with Crippen LogP contribution < -0.4 is 0 Å². The lowest BCUT2D eigenvalue weighted by Gasteiger charge is -2.28. The molecule has 2 nitrogen and oxygen atoms in total. The van der Waals surface area contributed by atoms with E-state index >= 15 is 0 Å². The molecule has 22 heavy (non-hydrogen) atoms. The Morgan fingerprint density at radius 2 is 1.32 bits per heavy atom. The highest BCUT2D eigenvalue weighted by Crippen LogP contribution is 2.40. The first-order valence-electron chi connectivity index (χ1n) is 9.02. The number of hydrogen-bond donors (Lipinski definition) is 0. The van der Waals surface area contributed by atoms with E-state index in [0.717, 1.165) is 5.56 Å². The number of rotatable bonds is 3. The maximum absolute atomic E-state index is 12.5. The lowest BCUT2D eigenvalue weighted by molar-refractivity contribution is 0.0596. The second-order valence-corrected chi connectivity index (χ2v) is 6.97. The Kier molecular flexibility index (Phi) is 5.17. The quantitative estimate of drug-likeness (QED) is 0.682. The average molecular weight is 300 g/mol. The van der Waals surface area contributed by atoms with Gasteiger partial charge in [-0.25, -0.2) is 4.79 Å². The van der Waals surface area contributed by atoms with Crippen LogP contribution in [0.3, 0.4) is 0 Å². The standard InChI is InChI=1S/C20H28O2/c1-22-20(21)19-17(15-9-4-2-5-10-15)13-8-14-18(19)16-11-6-3-7-12-16/h8,13-16H,2-7,9-12H2,1H3. The smallest absolute Gasteiger partial charge is 0.338 e. The highest BCUT2D eigenvalue weighted by atomic mass is 16.5. The third-order valence-electron chi connectivity index (χ3n) is 5.61. The van der Waals surface area contributed by atoms with Gasteiger partial charge >= 0.3 is 5.97 Å². The number of esters is 1. The summed E-state index contributed by atoms with van der Waals surface area (Å²) in [6.45, 7) is 0. The number of methoxy groups -OCH3 is 1. The van der Waals surface area contributed by atoms with Crippen LogP contribution in [0.15, 0.2) is 18.2 Å². The highest BCUT2D eigenvalue weighted by Gasteiger charge is 2.27. The molecule has 1 aromatic carbocycles. The molecule has 0 atom stereocenters. The number of carbonyl (C=O) groups is 1. The second-order valence-electron chi connectivity index (χ2n) is 6.97. The zero-order chi connectivity index (χ0) is 15.4. The average Bonchev–Trinajstić information content (AvgIpc) is 2.62. The summed E-state index contributed by atoms with van der Waals surface area (Å²) in [5.41, 5.74) is 3.42. The maximum atomic E-state index is 12.5. The van der Waals surface area contributed by atoms with E-state index in [1.54, 1.807) is 0 Å². The SMILES string of the molecule is COC(=O)c1c(C2CCCCC2)cccc1C1CCCCC1. The first-order chi connectivity index (χ1) is 10.8. The van der Waals surface area contributed by atoms with Gasteiger partial charge in [-0.2, -0.15) is 0 Å². The molecule has 0 amide bonds. The van der Waals surface area contributed by atoms with Crippen molar-refractivity contribution in [1.29, 1.82) is 0 Å². The summed E-state index contributed by atoms with van der Waals surface area (Å²) in [5, 5.41) is 0. The largest absolute Gasteiger partial charge is 0.465 e. The fourth-order valence-corrected chi connectivity index (χ4v) is 4.43. The third kappa shape index (κ3) is 3.21. The molecule has 1 aromatic rings. The molecule has 0 saturated heterocycles. The number of carbonyl (C=O) groups excluding carboxylic acids is 1. The maximum Gasteiger partial charge on any atom is 0.338 e. The van der Waals surface area contributed by atoms with Gasteiger partial charge in [0.2, 0.25) is 0 Å². The first kappa shape index (κ1) is 15.6.